The number of benzene rings is 1. The van der Waals surface area contributed by atoms with Crippen LogP contribution in [0.25, 0.3) is 0 Å². The molecule has 1 aliphatic rings. The molecule has 0 saturated carbocycles. The van der Waals surface area contributed by atoms with Crippen molar-refractivity contribution in [2.24, 2.45) is 5.10 Å². The third kappa shape index (κ3) is 4.15. The van der Waals surface area contributed by atoms with Gasteiger partial charge in [0.2, 0.25) is 0 Å². The first kappa shape index (κ1) is 14.2. The van der Waals surface area contributed by atoms with Crippen LogP contribution < -0.4 is 15.4 Å². The average molecular weight is 287 g/mol. The zero-order valence-corrected chi connectivity index (χ0v) is 10.7. The highest BCUT2D eigenvalue weighted by Gasteiger charge is 2.30. The lowest BCUT2D eigenvalue weighted by Gasteiger charge is -2.08. The number of hydrogen-bond donors (Lipinski definition) is 2. The van der Waals surface area contributed by atoms with E-state index in [1.807, 2.05) is 0 Å². The molecule has 1 aliphatic heterocycles. The lowest BCUT2D eigenvalue weighted by molar-refractivity contribution is -0.505. The van der Waals surface area contributed by atoms with Gasteiger partial charge in [-0.3, -0.25) is 10.6 Å². The van der Waals surface area contributed by atoms with Crippen molar-refractivity contribution in [3.63, 3.8) is 0 Å². The van der Waals surface area contributed by atoms with Gasteiger partial charge in [0.15, 0.2) is 0 Å². The van der Waals surface area contributed by atoms with E-state index in [0.717, 1.165) is 19.0 Å². The minimum absolute atomic E-state index is 0.253. The van der Waals surface area contributed by atoms with Gasteiger partial charge in [0, 0.05) is 0 Å². The Morgan fingerprint density at radius 1 is 1.20 bits per heavy atom. The van der Waals surface area contributed by atoms with Gasteiger partial charge in [-0.15, -0.1) is 23.0 Å². The zero-order valence-electron chi connectivity index (χ0n) is 10.7. The van der Waals surface area contributed by atoms with Crippen LogP contribution in [0.1, 0.15) is 5.56 Å². The molecule has 1 aromatic rings. The molecule has 0 unspecified atom stereocenters. The third-order valence-electron chi connectivity index (χ3n) is 2.53. The first-order chi connectivity index (χ1) is 9.44. The lowest BCUT2D eigenvalue weighted by atomic mass is 10.2. The fraction of sp³-hybridized carbons (Fsp3) is 0.333. The summed E-state index contributed by atoms with van der Waals surface area (Å²) >= 11 is 0. The van der Waals surface area contributed by atoms with Crippen LogP contribution in [-0.4, -0.2) is 43.4 Å². The third-order valence-corrected chi connectivity index (χ3v) is 2.53. The van der Waals surface area contributed by atoms with Crippen molar-refractivity contribution >= 4 is 12.2 Å². The maximum Gasteiger partial charge on any atom is 0.573 e. The van der Waals surface area contributed by atoms with E-state index in [0.29, 0.717) is 5.56 Å². The van der Waals surface area contributed by atoms with E-state index in [-0.39, 0.29) is 5.75 Å². The molecule has 108 valence electrons. The molecule has 2 rings (SSSR count). The molecule has 0 aliphatic carbocycles. The molecule has 2 N–H and O–H groups in total. The number of guanidine groups is 1. The smallest absolute Gasteiger partial charge is 0.406 e. The molecule has 1 aromatic carbocycles. The molecule has 5 nitrogen and oxygen atoms in total. The Labute approximate surface area is 113 Å². The number of ether oxygens (including phenoxy) is 1. The van der Waals surface area contributed by atoms with Crippen LogP contribution in [-0.2, 0) is 0 Å². The van der Waals surface area contributed by atoms with Gasteiger partial charge in [0.05, 0.1) is 26.4 Å². The summed E-state index contributed by atoms with van der Waals surface area (Å²) in [5, 5.41) is 10.4. The van der Waals surface area contributed by atoms with Gasteiger partial charge in [-0.05, 0) is 29.8 Å². The van der Waals surface area contributed by atoms with E-state index in [1.165, 1.54) is 24.3 Å². The van der Waals surface area contributed by atoms with Gasteiger partial charge in [-0.25, -0.2) is 0 Å². The van der Waals surface area contributed by atoms with Crippen LogP contribution in [0.3, 0.4) is 0 Å². The molecule has 20 heavy (non-hydrogen) atoms. The van der Waals surface area contributed by atoms with Gasteiger partial charge in [-0.2, -0.15) is 0 Å². The van der Waals surface area contributed by atoms with Crippen LogP contribution in [0.2, 0.25) is 0 Å². The number of alkyl halides is 3. The Bertz CT molecular complexity index is 514. The largest absolute Gasteiger partial charge is 0.573 e. The highest BCUT2D eigenvalue weighted by molar-refractivity contribution is 5.80. The molecule has 1 saturated heterocycles. The van der Waals surface area contributed by atoms with E-state index < -0.39 is 6.36 Å². The van der Waals surface area contributed by atoms with Crippen LogP contribution in [0, 0.1) is 0 Å². The first-order valence-corrected chi connectivity index (χ1v) is 5.92. The standard InChI is InChI=1S/C12H13F3N4O/c1-19(11-16-6-7-17-11)18-8-9-2-4-10(5-3-9)20-12(13,14)15/h2-5,8H,6-7H2,1H3,(H,16,17)/p+1/b18-8-. The van der Waals surface area contributed by atoms with Crippen molar-refractivity contribution in [3.8, 4) is 5.75 Å². The summed E-state index contributed by atoms with van der Waals surface area (Å²) in [5.74, 6) is 0.537. The van der Waals surface area contributed by atoms with Crippen LogP contribution in [0.15, 0.2) is 29.4 Å². The minimum atomic E-state index is -4.67. The summed E-state index contributed by atoms with van der Waals surface area (Å²) < 4.78 is 41.4. The summed E-state index contributed by atoms with van der Waals surface area (Å²) in [6.07, 6.45) is -3.13. The maximum absolute atomic E-state index is 12.0. The molecule has 0 aromatic heterocycles. The second-order valence-corrected chi connectivity index (χ2v) is 4.09. The number of nitrogens with zero attached hydrogens (tertiary/aromatic N) is 2. The van der Waals surface area contributed by atoms with Crippen molar-refractivity contribution in [3.05, 3.63) is 29.8 Å². The van der Waals surface area contributed by atoms with E-state index in [1.54, 1.807) is 17.9 Å². The molecule has 0 amide bonds. The van der Waals surface area contributed by atoms with E-state index >= 15 is 0 Å². The Hall–Kier alpha value is -2.25. The number of nitrogens with one attached hydrogen (secondary N) is 2. The molecular weight excluding hydrogens is 273 g/mol. The summed E-state index contributed by atoms with van der Waals surface area (Å²) in [6.45, 7) is 1.66. The molecule has 1 heterocycles. The molecule has 0 atom stereocenters. The Morgan fingerprint density at radius 2 is 1.80 bits per heavy atom. The number of halogens is 3. The van der Waals surface area contributed by atoms with Gasteiger partial charge in [-0.1, -0.05) is 0 Å². The van der Waals surface area contributed by atoms with Gasteiger partial charge >= 0.3 is 12.3 Å². The summed E-state index contributed by atoms with van der Waals surface area (Å²) in [5.41, 5.74) is 0.671. The summed E-state index contributed by atoms with van der Waals surface area (Å²) in [7, 11) is 1.76. The highest BCUT2D eigenvalue weighted by Crippen LogP contribution is 2.22. The Balaban J connectivity index is 2.02. The normalized spacial score (nSPS) is 15.1. The van der Waals surface area contributed by atoms with Gasteiger partial charge in [0.25, 0.3) is 0 Å². The Kier molecular flexibility index (Phi) is 4.11. The topological polar surface area (TPSA) is 48.7 Å². The second kappa shape index (κ2) is 5.81. The predicted molar refractivity (Wildman–Crippen MR) is 67.9 cm³/mol. The van der Waals surface area contributed by atoms with Gasteiger partial charge < -0.3 is 4.74 Å². The fourth-order valence-corrected chi connectivity index (χ4v) is 1.62. The minimum Gasteiger partial charge on any atom is -0.406 e. The predicted octanol–water partition coefficient (Wildman–Crippen LogP) is 1.11. The Morgan fingerprint density at radius 3 is 2.35 bits per heavy atom. The molecule has 8 heteroatoms. The van der Waals surface area contributed by atoms with E-state index in [4.69, 9.17) is 0 Å². The lowest BCUT2D eigenvalue weighted by Crippen LogP contribution is -2.31. The van der Waals surface area contributed by atoms with Crippen molar-refractivity contribution in [1.82, 2.24) is 10.6 Å². The van der Waals surface area contributed by atoms with Gasteiger partial charge in [0.1, 0.15) is 5.75 Å². The van der Waals surface area contributed by atoms with Crippen molar-refractivity contribution in [2.45, 2.75) is 6.36 Å². The van der Waals surface area contributed by atoms with Crippen LogP contribution in [0.4, 0.5) is 13.2 Å². The molecular formula is C12H14F3N4O+. The molecule has 1 fully saturated rings. The van der Waals surface area contributed by atoms with Crippen molar-refractivity contribution in [2.75, 3.05) is 20.1 Å². The zero-order chi connectivity index (χ0) is 14.6. The summed E-state index contributed by atoms with van der Waals surface area (Å²) in [6, 6.07) is 5.49. The quantitative estimate of drug-likeness (QED) is 0.497. The SMILES string of the molecule is C[N+](/N=C\c1ccc(OC(F)(F)F)cc1)=C1NCCN1. The maximum atomic E-state index is 12.0. The average Bonchev–Trinajstić information content (AvgIpc) is 2.89. The number of rotatable bonds is 3. The van der Waals surface area contributed by atoms with Crippen LogP contribution >= 0.6 is 0 Å². The first-order valence-electron chi connectivity index (χ1n) is 5.92. The van der Waals surface area contributed by atoms with Crippen molar-refractivity contribution < 1.29 is 22.6 Å². The highest BCUT2D eigenvalue weighted by atomic mass is 19.4. The van der Waals surface area contributed by atoms with Crippen molar-refractivity contribution in [1.29, 1.82) is 0 Å². The monoisotopic (exact) mass is 287 g/mol. The molecule has 0 bridgehead atoms. The second-order valence-electron chi connectivity index (χ2n) is 4.09. The number of hydrazone groups is 1. The molecule has 0 spiro atoms. The van der Waals surface area contributed by atoms with E-state index in [9.17, 15) is 13.2 Å². The number of hydrogen-bond acceptors (Lipinski definition) is 2. The molecule has 0 radical (unpaired) electrons. The fourth-order valence-electron chi connectivity index (χ4n) is 1.62. The van der Waals surface area contributed by atoms with E-state index in [2.05, 4.69) is 20.5 Å². The van der Waals surface area contributed by atoms with Crippen LogP contribution in [0.5, 0.6) is 5.75 Å². The summed E-state index contributed by atoms with van der Waals surface area (Å²) in [4.78, 5) is 0.